The Balaban J connectivity index is 2.80. The topological polar surface area (TPSA) is 59.2 Å². The summed E-state index contributed by atoms with van der Waals surface area (Å²) >= 11 is 0. The maximum absolute atomic E-state index is 11.7. The molecule has 19 heavy (non-hydrogen) atoms. The van der Waals surface area contributed by atoms with Gasteiger partial charge in [-0.2, -0.15) is 0 Å². The van der Waals surface area contributed by atoms with Crippen molar-refractivity contribution in [2.45, 2.75) is 26.7 Å². The largest absolute Gasteiger partial charge is 0.469 e. The van der Waals surface area contributed by atoms with Gasteiger partial charge in [-0.25, -0.2) is 0 Å². The van der Waals surface area contributed by atoms with Gasteiger partial charge < -0.3 is 9.72 Å². The number of ether oxygens (including phenoxy) is 1. The number of esters is 1. The van der Waals surface area contributed by atoms with Gasteiger partial charge in [0.25, 0.3) is 0 Å². The first kappa shape index (κ1) is 13.3. The first-order valence-electron chi connectivity index (χ1n) is 6.16. The molecule has 0 spiro atoms. The predicted molar refractivity (Wildman–Crippen MR) is 74.5 cm³/mol. The molecule has 4 nitrogen and oxygen atoms in total. The predicted octanol–water partition coefficient (Wildman–Crippen LogP) is 2.42. The van der Waals surface area contributed by atoms with Crippen molar-refractivity contribution >= 4 is 16.9 Å². The Labute approximate surface area is 111 Å². The van der Waals surface area contributed by atoms with Crippen molar-refractivity contribution in [3.05, 3.63) is 45.2 Å². The van der Waals surface area contributed by atoms with Gasteiger partial charge in [0.05, 0.1) is 13.0 Å². The highest BCUT2D eigenvalue weighted by Gasteiger charge is 2.20. The number of hydrogen-bond acceptors (Lipinski definition) is 3. The van der Waals surface area contributed by atoms with Crippen molar-refractivity contribution in [2.24, 2.45) is 0 Å². The van der Waals surface area contributed by atoms with Gasteiger partial charge in [-0.1, -0.05) is 6.07 Å². The third kappa shape index (κ3) is 2.38. The summed E-state index contributed by atoms with van der Waals surface area (Å²) in [6.45, 7) is 5.70. The number of rotatable bonds is 2. The number of H-pyrrole nitrogens is 1. The van der Waals surface area contributed by atoms with Crippen LogP contribution < -0.4 is 5.56 Å². The van der Waals surface area contributed by atoms with Gasteiger partial charge in [-0.15, -0.1) is 0 Å². The smallest absolute Gasteiger partial charge is 0.312 e. The molecule has 1 heterocycles. The van der Waals surface area contributed by atoms with Crippen molar-refractivity contribution in [3.63, 3.8) is 0 Å². The fourth-order valence-electron chi connectivity index (χ4n) is 2.48. The SMILES string of the molecule is COC(=O)C(C)c1cc(=O)[nH]c2cc(C)cc(C)c12. The van der Waals surface area contributed by atoms with Crippen molar-refractivity contribution in [1.29, 1.82) is 0 Å². The zero-order valence-corrected chi connectivity index (χ0v) is 11.5. The van der Waals surface area contributed by atoms with Crippen LogP contribution in [0.5, 0.6) is 0 Å². The minimum absolute atomic E-state index is 0.205. The fraction of sp³-hybridized carbons (Fsp3) is 0.333. The summed E-state index contributed by atoms with van der Waals surface area (Å²) in [5.41, 5.74) is 3.38. The minimum Gasteiger partial charge on any atom is -0.469 e. The monoisotopic (exact) mass is 259 g/mol. The molecule has 2 rings (SSSR count). The molecule has 1 unspecified atom stereocenters. The average molecular weight is 259 g/mol. The van der Waals surface area contributed by atoms with E-state index in [1.165, 1.54) is 13.2 Å². The second-order valence-electron chi connectivity index (χ2n) is 4.84. The van der Waals surface area contributed by atoms with Crippen LogP contribution in [0, 0.1) is 13.8 Å². The lowest BCUT2D eigenvalue weighted by Gasteiger charge is -2.14. The van der Waals surface area contributed by atoms with Gasteiger partial charge in [-0.05, 0) is 43.5 Å². The number of carbonyl (C=O) groups is 1. The molecule has 0 aliphatic carbocycles. The van der Waals surface area contributed by atoms with E-state index in [1.807, 2.05) is 26.0 Å². The van der Waals surface area contributed by atoms with Crippen LogP contribution in [0.1, 0.15) is 29.5 Å². The van der Waals surface area contributed by atoms with Gasteiger partial charge in [-0.3, -0.25) is 9.59 Å². The number of carbonyl (C=O) groups excluding carboxylic acids is 1. The molecule has 0 saturated heterocycles. The molecule has 0 amide bonds. The maximum Gasteiger partial charge on any atom is 0.312 e. The summed E-state index contributed by atoms with van der Waals surface area (Å²) in [4.78, 5) is 26.3. The average Bonchev–Trinajstić information content (AvgIpc) is 2.34. The zero-order chi connectivity index (χ0) is 14.2. The number of methoxy groups -OCH3 is 1. The molecule has 0 saturated carbocycles. The molecule has 1 aromatic carbocycles. The van der Waals surface area contributed by atoms with Crippen LogP contribution >= 0.6 is 0 Å². The van der Waals surface area contributed by atoms with E-state index >= 15 is 0 Å². The molecule has 1 N–H and O–H groups in total. The standard InChI is InChI=1S/C15H17NO3/c1-8-5-9(2)14-11(10(3)15(18)19-4)7-13(17)16-12(14)6-8/h5-7,10H,1-4H3,(H,16,17). The molecule has 4 heteroatoms. The summed E-state index contributed by atoms with van der Waals surface area (Å²) in [5.74, 6) is -0.803. The first-order chi connectivity index (χ1) is 8.93. The van der Waals surface area contributed by atoms with Gasteiger partial charge in [0.15, 0.2) is 0 Å². The Morgan fingerprint density at radius 1 is 1.26 bits per heavy atom. The lowest BCUT2D eigenvalue weighted by Crippen LogP contribution is -2.15. The molecular weight excluding hydrogens is 242 g/mol. The number of aromatic nitrogens is 1. The minimum atomic E-state index is -0.462. The van der Waals surface area contributed by atoms with Crippen LogP contribution in [0.2, 0.25) is 0 Å². The van der Waals surface area contributed by atoms with E-state index in [4.69, 9.17) is 4.74 Å². The molecule has 0 aliphatic heterocycles. The molecule has 100 valence electrons. The lowest BCUT2D eigenvalue weighted by atomic mass is 9.93. The number of aromatic amines is 1. The van der Waals surface area contributed by atoms with Gasteiger partial charge in [0.2, 0.25) is 5.56 Å². The molecule has 0 aliphatic rings. The van der Waals surface area contributed by atoms with E-state index in [1.54, 1.807) is 6.92 Å². The number of pyridine rings is 1. The van der Waals surface area contributed by atoms with Gasteiger partial charge in [0.1, 0.15) is 0 Å². The van der Waals surface area contributed by atoms with Gasteiger partial charge >= 0.3 is 5.97 Å². The highest BCUT2D eigenvalue weighted by molar-refractivity contribution is 5.91. The molecule has 2 aromatic rings. The molecule has 1 atom stereocenters. The van der Waals surface area contributed by atoms with E-state index in [9.17, 15) is 9.59 Å². The zero-order valence-electron chi connectivity index (χ0n) is 11.5. The van der Waals surface area contributed by atoms with Crippen molar-refractivity contribution in [3.8, 4) is 0 Å². The quantitative estimate of drug-likeness (QED) is 0.843. The Morgan fingerprint density at radius 3 is 2.58 bits per heavy atom. The fourth-order valence-corrected chi connectivity index (χ4v) is 2.48. The summed E-state index contributed by atoms with van der Waals surface area (Å²) in [6, 6.07) is 5.43. The van der Waals surface area contributed by atoms with Crippen LogP contribution in [0.3, 0.4) is 0 Å². The second-order valence-corrected chi connectivity index (χ2v) is 4.84. The molecule has 0 bridgehead atoms. The normalized spacial score (nSPS) is 12.4. The highest BCUT2D eigenvalue weighted by atomic mass is 16.5. The number of hydrogen-bond donors (Lipinski definition) is 1. The van der Waals surface area contributed by atoms with E-state index in [-0.39, 0.29) is 11.5 Å². The van der Waals surface area contributed by atoms with Crippen LogP contribution in [0.4, 0.5) is 0 Å². The Kier molecular flexibility index (Phi) is 3.42. The number of benzene rings is 1. The van der Waals surface area contributed by atoms with Crippen LogP contribution in [-0.4, -0.2) is 18.1 Å². The van der Waals surface area contributed by atoms with Crippen molar-refractivity contribution in [2.75, 3.05) is 7.11 Å². The highest BCUT2D eigenvalue weighted by Crippen LogP contribution is 2.27. The lowest BCUT2D eigenvalue weighted by molar-refractivity contribution is -0.141. The second kappa shape index (κ2) is 4.88. The summed E-state index contributed by atoms with van der Waals surface area (Å²) in [7, 11) is 1.35. The van der Waals surface area contributed by atoms with Crippen LogP contribution in [-0.2, 0) is 9.53 Å². The maximum atomic E-state index is 11.7. The molecule has 0 fully saturated rings. The van der Waals surface area contributed by atoms with Gasteiger partial charge in [0, 0.05) is 17.0 Å². The van der Waals surface area contributed by atoms with E-state index in [0.717, 1.165) is 22.0 Å². The summed E-state index contributed by atoms with van der Waals surface area (Å²) in [5, 5.41) is 0.920. The number of fused-ring (bicyclic) bond motifs is 1. The third-order valence-electron chi connectivity index (χ3n) is 3.33. The van der Waals surface area contributed by atoms with E-state index in [2.05, 4.69) is 4.98 Å². The molecule has 0 radical (unpaired) electrons. The summed E-state index contributed by atoms with van der Waals surface area (Å²) in [6.07, 6.45) is 0. The Morgan fingerprint density at radius 2 is 1.95 bits per heavy atom. The van der Waals surface area contributed by atoms with Crippen molar-refractivity contribution < 1.29 is 9.53 Å². The van der Waals surface area contributed by atoms with Crippen LogP contribution in [0.25, 0.3) is 10.9 Å². The molecule has 1 aromatic heterocycles. The van der Waals surface area contributed by atoms with Crippen LogP contribution in [0.15, 0.2) is 23.0 Å². The Hall–Kier alpha value is -2.10. The number of nitrogens with one attached hydrogen (secondary N) is 1. The number of aryl methyl sites for hydroxylation is 2. The summed E-state index contributed by atoms with van der Waals surface area (Å²) < 4.78 is 4.77. The van der Waals surface area contributed by atoms with E-state index < -0.39 is 5.92 Å². The Bertz CT molecular complexity index is 700. The van der Waals surface area contributed by atoms with E-state index in [0.29, 0.717) is 5.56 Å². The third-order valence-corrected chi connectivity index (χ3v) is 3.33. The molecular formula is C15H17NO3. The first-order valence-corrected chi connectivity index (χ1v) is 6.16. The van der Waals surface area contributed by atoms with Crippen molar-refractivity contribution in [1.82, 2.24) is 4.98 Å².